The highest BCUT2D eigenvalue weighted by atomic mass is 16.6. The van der Waals surface area contributed by atoms with Gasteiger partial charge in [-0.1, -0.05) is 91.0 Å². The van der Waals surface area contributed by atoms with Gasteiger partial charge in [0, 0.05) is 38.1 Å². The summed E-state index contributed by atoms with van der Waals surface area (Å²) in [6.07, 6.45) is -0.0375. The molecule has 9 heteroatoms. The topological polar surface area (TPSA) is 109 Å². The van der Waals surface area contributed by atoms with E-state index in [0.717, 1.165) is 16.7 Å². The minimum Gasteiger partial charge on any atom is -0.445 e. The first-order valence-corrected chi connectivity index (χ1v) is 15.2. The Kier molecular flexibility index (Phi) is 11.8. The number of nitrogens with one attached hydrogen (secondary N) is 3. The van der Waals surface area contributed by atoms with Gasteiger partial charge in [-0.05, 0) is 50.3 Å². The van der Waals surface area contributed by atoms with Crippen LogP contribution in [0, 0.1) is 0 Å². The Morgan fingerprint density at radius 2 is 1.48 bits per heavy atom. The normalized spacial score (nSPS) is 17.1. The molecule has 1 heterocycles. The molecular weight excluding hydrogens is 556 g/mol. The molecule has 0 radical (unpaired) electrons. The van der Waals surface area contributed by atoms with Crippen LogP contribution in [0.15, 0.2) is 91.0 Å². The predicted molar refractivity (Wildman–Crippen MR) is 170 cm³/mol. The monoisotopic (exact) mass is 600 g/mol. The summed E-state index contributed by atoms with van der Waals surface area (Å²) in [5.41, 5.74) is 2.55. The molecule has 0 aliphatic carbocycles. The van der Waals surface area contributed by atoms with Crippen molar-refractivity contribution in [2.75, 3.05) is 26.2 Å². The van der Waals surface area contributed by atoms with Crippen molar-refractivity contribution in [1.29, 1.82) is 0 Å². The Balaban J connectivity index is 1.44. The van der Waals surface area contributed by atoms with Crippen molar-refractivity contribution >= 4 is 18.1 Å². The number of carbonyl (C=O) groups excluding carboxylic acids is 3. The molecule has 0 spiro atoms. The minimum atomic E-state index is -0.618. The number of amides is 3. The Morgan fingerprint density at radius 3 is 2.07 bits per heavy atom. The maximum absolute atomic E-state index is 14.0. The molecule has 1 aliphatic heterocycles. The molecule has 3 amide bonds. The fraction of sp³-hybridized carbons (Fsp3) is 0.400. The van der Waals surface area contributed by atoms with Crippen LogP contribution in [-0.2, 0) is 20.9 Å². The zero-order valence-corrected chi connectivity index (χ0v) is 25.8. The van der Waals surface area contributed by atoms with Crippen LogP contribution >= 0.6 is 0 Å². The standard InChI is InChI=1S/C35H44N4O5/c1-35(2,3)44-34(42)36-21-19-31-32(40)39(24-30(27-15-9-5-10-16-27)28-17-11-6-12-18-28)22-20-29(38-31)23-37-33(41)43-25-26-13-7-4-8-14-26/h4-18,29-31,38H,19-25H2,1-3H3,(H,36,42)(H,37,41)/t29?,31-/m0/s1. The lowest BCUT2D eigenvalue weighted by atomic mass is 9.90. The number of carbonyl (C=O) groups is 3. The fourth-order valence-corrected chi connectivity index (χ4v) is 5.24. The highest BCUT2D eigenvalue weighted by molar-refractivity contribution is 5.82. The summed E-state index contributed by atoms with van der Waals surface area (Å²) in [6, 6.07) is 29.2. The largest absolute Gasteiger partial charge is 0.445 e. The molecule has 3 aromatic rings. The van der Waals surface area contributed by atoms with E-state index in [4.69, 9.17) is 9.47 Å². The number of benzene rings is 3. The Hall–Kier alpha value is -4.37. The second-order valence-electron chi connectivity index (χ2n) is 12.0. The second kappa shape index (κ2) is 15.9. The van der Waals surface area contributed by atoms with Gasteiger partial charge >= 0.3 is 12.2 Å². The van der Waals surface area contributed by atoms with Crippen molar-refractivity contribution in [2.24, 2.45) is 0 Å². The molecule has 4 rings (SSSR count). The van der Waals surface area contributed by atoms with Crippen molar-refractivity contribution in [3.8, 4) is 0 Å². The molecule has 2 atom stereocenters. The van der Waals surface area contributed by atoms with E-state index >= 15 is 0 Å². The molecule has 44 heavy (non-hydrogen) atoms. The van der Waals surface area contributed by atoms with Gasteiger partial charge in [0.2, 0.25) is 5.91 Å². The van der Waals surface area contributed by atoms with E-state index in [1.54, 1.807) is 20.8 Å². The maximum Gasteiger partial charge on any atom is 0.407 e. The average Bonchev–Trinajstić information content (AvgIpc) is 3.16. The van der Waals surface area contributed by atoms with E-state index in [1.807, 2.05) is 71.6 Å². The van der Waals surface area contributed by atoms with E-state index in [2.05, 4.69) is 40.2 Å². The number of hydrogen-bond donors (Lipinski definition) is 3. The molecule has 3 aromatic carbocycles. The first kappa shape index (κ1) is 32.5. The minimum absolute atomic E-state index is 0.00970. The van der Waals surface area contributed by atoms with Crippen molar-refractivity contribution in [1.82, 2.24) is 20.9 Å². The van der Waals surface area contributed by atoms with E-state index in [1.165, 1.54) is 0 Å². The van der Waals surface area contributed by atoms with Crippen LogP contribution in [0.4, 0.5) is 9.59 Å². The third-order valence-electron chi connectivity index (χ3n) is 7.41. The smallest absolute Gasteiger partial charge is 0.407 e. The van der Waals surface area contributed by atoms with Gasteiger partial charge in [0.05, 0.1) is 6.04 Å². The van der Waals surface area contributed by atoms with Crippen LogP contribution < -0.4 is 16.0 Å². The summed E-state index contributed by atoms with van der Waals surface area (Å²) >= 11 is 0. The lowest BCUT2D eigenvalue weighted by molar-refractivity contribution is -0.133. The lowest BCUT2D eigenvalue weighted by Gasteiger charge is -2.29. The first-order valence-electron chi connectivity index (χ1n) is 15.2. The predicted octanol–water partition coefficient (Wildman–Crippen LogP) is 5.22. The third kappa shape index (κ3) is 10.4. The molecule has 234 valence electrons. The molecule has 0 saturated carbocycles. The molecule has 1 fully saturated rings. The van der Waals surface area contributed by atoms with Crippen molar-refractivity contribution in [3.63, 3.8) is 0 Å². The summed E-state index contributed by atoms with van der Waals surface area (Å²) in [4.78, 5) is 40.6. The van der Waals surface area contributed by atoms with Crippen LogP contribution in [0.5, 0.6) is 0 Å². The highest BCUT2D eigenvalue weighted by Gasteiger charge is 2.33. The van der Waals surface area contributed by atoms with Crippen molar-refractivity contribution in [2.45, 2.75) is 63.8 Å². The van der Waals surface area contributed by atoms with E-state index in [9.17, 15) is 14.4 Å². The van der Waals surface area contributed by atoms with Crippen molar-refractivity contribution < 1.29 is 23.9 Å². The lowest BCUT2D eigenvalue weighted by Crippen LogP contribution is -2.50. The van der Waals surface area contributed by atoms with Crippen LogP contribution in [-0.4, -0.2) is 66.9 Å². The third-order valence-corrected chi connectivity index (χ3v) is 7.41. The zero-order chi connectivity index (χ0) is 31.4. The van der Waals surface area contributed by atoms with E-state index in [0.29, 0.717) is 32.5 Å². The average molecular weight is 601 g/mol. The molecule has 9 nitrogen and oxygen atoms in total. The summed E-state index contributed by atoms with van der Waals surface area (Å²) in [5, 5.41) is 9.07. The van der Waals surface area contributed by atoms with Gasteiger partial charge < -0.3 is 30.3 Å². The van der Waals surface area contributed by atoms with Crippen LogP contribution in [0.2, 0.25) is 0 Å². The van der Waals surface area contributed by atoms with Crippen molar-refractivity contribution in [3.05, 3.63) is 108 Å². The Bertz CT molecular complexity index is 1290. The molecule has 1 aliphatic rings. The molecule has 1 unspecified atom stereocenters. The molecule has 0 bridgehead atoms. The summed E-state index contributed by atoms with van der Waals surface area (Å²) in [7, 11) is 0. The first-order chi connectivity index (χ1) is 21.2. The quantitative estimate of drug-likeness (QED) is 0.279. The number of rotatable bonds is 11. The van der Waals surface area contributed by atoms with Crippen LogP contribution in [0.1, 0.15) is 56.2 Å². The van der Waals surface area contributed by atoms with Crippen LogP contribution in [0.3, 0.4) is 0 Å². The molecular formula is C35H44N4O5. The summed E-state index contributed by atoms with van der Waals surface area (Å²) < 4.78 is 10.7. The molecule has 3 N–H and O–H groups in total. The summed E-state index contributed by atoms with van der Waals surface area (Å²) in [5.74, 6) is -0.0495. The Morgan fingerprint density at radius 1 is 0.886 bits per heavy atom. The summed E-state index contributed by atoms with van der Waals surface area (Å²) in [6.45, 7) is 7.17. The van der Waals surface area contributed by atoms with Gasteiger partial charge in [-0.25, -0.2) is 9.59 Å². The number of hydrogen-bond acceptors (Lipinski definition) is 6. The second-order valence-corrected chi connectivity index (χ2v) is 12.0. The van der Waals surface area contributed by atoms with E-state index in [-0.39, 0.29) is 31.0 Å². The SMILES string of the molecule is CC(C)(C)OC(=O)NCC[C@@H]1NC(CNC(=O)OCc2ccccc2)CCN(CC(c2ccccc2)c2ccccc2)C1=O. The van der Waals surface area contributed by atoms with Gasteiger partial charge in [0.15, 0.2) is 0 Å². The fourth-order valence-electron chi connectivity index (χ4n) is 5.24. The molecule has 0 aromatic heterocycles. The van der Waals surface area contributed by atoms with Gasteiger partial charge in [-0.3, -0.25) is 4.79 Å². The van der Waals surface area contributed by atoms with Gasteiger partial charge in [0.1, 0.15) is 12.2 Å². The zero-order valence-electron chi connectivity index (χ0n) is 25.8. The Labute approximate surface area is 260 Å². The maximum atomic E-state index is 14.0. The molecule has 1 saturated heterocycles. The van der Waals surface area contributed by atoms with E-state index < -0.39 is 23.8 Å². The number of ether oxygens (including phenoxy) is 2. The highest BCUT2D eigenvalue weighted by Crippen LogP contribution is 2.27. The van der Waals surface area contributed by atoms with Crippen LogP contribution in [0.25, 0.3) is 0 Å². The van der Waals surface area contributed by atoms with Gasteiger partial charge in [0.25, 0.3) is 0 Å². The number of nitrogens with zero attached hydrogens (tertiary/aromatic N) is 1. The number of alkyl carbamates (subject to hydrolysis) is 2. The van der Waals surface area contributed by atoms with Gasteiger partial charge in [-0.15, -0.1) is 0 Å². The van der Waals surface area contributed by atoms with Gasteiger partial charge in [-0.2, -0.15) is 0 Å².